The lowest BCUT2D eigenvalue weighted by atomic mass is 9.86. The van der Waals surface area contributed by atoms with E-state index in [-0.39, 0.29) is 5.91 Å². The van der Waals surface area contributed by atoms with Gasteiger partial charge in [0.05, 0.1) is 17.7 Å². The number of hydrogen-bond donors (Lipinski definition) is 3. The first-order chi connectivity index (χ1) is 11.5. The molecule has 0 aromatic carbocycles. The van der Waals surface area contributed by atoms with Crippen molar-refractivity contribution in [3.05, 3.63) is 24.2 Å². The second kappa shape index (κ2) is 8.52. The topological polar surface area (TPSA) is 109 Å². The van der Waals surface area contributed by atoms with Crippen LogP contribution in [0.2, 0.25) is 0 Å². The van der Waals surface area contributed by atoms with E-state index in [0.29, 0.717) is 18.4 Å². The number of hydrogen-bond acceptors (Lipinski definition) is 4. The molecule has 0 radical (unpaired) electrons. The maximum absolute atomic E-state index is 12.3. The normalized spacial score (nSPS) is 22.7. The van der Waals surface area contributed by atoms with Gasteiger partial charge in [0.2, 0.25) is 5.91 Å². The molecule has 0 bridgehead atoms. The summed E-state index contributed by atoms with van der Waals surface area (Å²) >= 11 is 0. The van der Waals surface area contributed by atoms with Gasteiger partial charge in [-0.15, -0.1) is 0 Å². The lowest BCUT2D eigenvalue weighted by molar-refractivity contribution is -0.143. The van der Waals surface area contributed by atoms with E-state index in [0.717, 1.165) is 25.7 Å². The molecule has 7 heteroatoms. The van der Waals surface area contributed by atoms with Crippen molar-refractivity contribution >= 4 is 17.8 Å². The quantitative estimate of drug-likeness (QED) is 0.761. The van der Waals surface area contributed by atoms with Crippen molar-refractivity contribution in [2.45, 2.75) is 57.5 Å². The summed E-state index contributed by atoms with van der Waals surface area (Å²) in [5.41, 5.74) is 0.337. The zero-order chi connectivity index (χ0) is 17.5. The van der Waals surface area contributed by atoms with E-state index in [1.54, 1.807) is 6.92 Å². The number of carbonyl (C=O) groups excluding carboxylic acids is 2. The van der Waals surface area contributed by atoms with Gasteiger partial charge in [0, 0.05) is 6.04 Å². The lowest BCUT2D eigenvalue weighted by Gasteiger charge is -2.28. The molecule has 1 fully saturated rings. The molecule has 1 aromatic rings. The van der Waals surface area contributed by atoms with Crippen LogP contribution >= 0.6 is 0 Å². The van der Waals surface area contributed by atoms with Gasteiger partial charge < -0.3 is 20.2 Å². The molecule has 1 heterocycles. The molecule has 1 aliphatic rings. The van der Waals surface area contributed by atoms with Crippen LogP contribution in [0, 0.1) is 5.92 Å². The Morgan fingerprint density at radius 1 is 1.21 bits per heavy atom. The summed E-state index contributed by atoms with van der Waals surface area (Å²) in [6.45, 7) is 1.58. The van der Waals surface area contributed by atoms with Crippen LogP contribution in [0.5, 0.6) is 0 Å². The molecule has 0 spiro atoms. The number of nitrogens with one attached hydrogen (secondary N) is 2. The molecule has 132 valence electrons. The number of furan rings is 1. The van der Waals surface area contributed by atoms with E-state index in [9.17, 15) is 19.5 Å². The van der Waals surface area contributed by atoms with Crippen molar-refractivity contribution in [2.75, 3.05) is 0 Å². The van der Waals surface area contributed by atoms with Gasteiger partial charge in [0.15, 0.2) is 0 Å². The van der Waals surface area contributed by atoms with Gasteiger partial charge in [0.25, 0.3) is 5.91 Å². The molecule has 3 N–H and O–H groups in total. The van der Waals surface area contributed by atoms with Gasteiger partial charge in [-0.1, -0.05) is 25.7 Å². The Morgan fingerprint density at radius 2 is 1.92 bits per heavy atom. The van der Waals surface area contributed by atoms with Gasteiger partial charge in [-0.3, -0.25) is 14.4 Å². The van der Waals surface area contributed by atoms with Crippen molar-refractivity contribution in [1.82, 2.24) is 10.6 Å². The van der Waals surface area contributed by atoms with Crippen molar-refractivity contribution < 1.29 is 23.9 Å². The number of carboxylic acid groups (broad SMARTS) is 1. The van der Waals surface area contributed by atoms with Crippen molar-refractivity contribution in [3.63, 3.8) is 0 Å². The molecule has 2 amide bonds. The molecular weight excluding hydrogens is 312 g/mol. The van der Waals surface area contributed by atoms with E-state index in [2.05, 4.69) is 10.6 Å². The fourth-order valence-electron chi connectivity index (χ4n) is 3.00. The highest BCUT2D eigenvalue weighted by molar-refractivity contribution is 5.97. The van der Waals surface area contributed by atoms with E-state index in [1.165, 1.54) is 18.6 Å². The Labute approximate surface area is 140 Å². The number of amides is 2. The zero-order valence-electron chi connectivity index (χ0n) is 13.8. The minimum atomic E-state index is -0.878. The van der Waals surface area contributed by atoms with E-state index >= 15 is 0 Å². The van der Waals surface area contributed by atoms with Gasteiger partial charge >= 0.3 is 5.97 Å². The minimum Gasteiger partial charge on any atom is -0.481 e. The third-order valence-electron chi connectivity index (χ3n) is 4.44. The fourth-order valence-corrected chi connectivity index (χ4v) is 3.00. The van der Waals surface area contributed by atoms with Crippen molar-refractivity contribution in [3.8, 4) is 0 Å². The lowest BCUT2D eigenvalue weighted by Crippen LogP contribution is -2.51. The summed E-state index contributed by atoms with van der Waals surface area (Å²) in [7, 11) is 0. The molecule has 2 rings (SSSR count). The SMILES string of the molecule is CC(NC(=O)c1ccoc1)C(=O)NC1CCCCCCC1C(=O)O. The van der Waals surface area contributed by atoms with Gasteiger partial charge in [-0.05, 0) is 25.8 Å². The summed E-state index contributed by atoms with van der Waals surface area (Å²) < 4.78 is 4.84. The Kier molecular flexibility index (Phi) is 6.40. The Balaban J connectivity index is 1.94. The second-order valence-corrected chi connectivity index (χ2v) is 6.26. The molecule has 0 saturated heterocycles. The highest BCUT2D eigenvalue weighted by Crippen LogP contribution is 2.23. The standard InChI is InChI=1S/C17H24N2O5/c1-11(18-16(21)12-8-9-24-10-12)15(20)19-14-7-5-3-2-4-6-13(14)17(22)23/h8-11,13-14H,2-7H2,1H3,(H,18,21)(H,19,20)(H,22,23). The fraction of sp³-hybridized carbons (Fsp3) is 0.588. The smallest absolute Gasteiger partial charge is 0.308 e. The van der Waals surface area contributed by atoms with Crippen molar-refractivity contribution in [2.24, 2.45) is 5.92 Å². The maximum Gasteiger partial charge on any atom is 0.308 e. The highest BCUT2D eigenvalue weighted by Gasteiger charge is 2.31. The van der Waals surface area contributed by atoms with E-state index < -0.39 is 29.9 Å². The first kappa shape index (κ1) is 18.0. The Bertz CT molecular complexity index is 570. The third kappa shape index (κ3) is 4.84. The molecule has 1 aromatic heterocycles. The van der Waals surface area contributed by atoms with E-state index in [1.807, 2.05) is 0 Å². The summed E-state index contributed by atoms with van der Waals surface area (Å²) in [4.78, 5) is 35.8. The predicted octanol–water partition coefficient (Wildman–Crippen LogP) is 1.94. The first-order valence-electron chi connectivity index (χ1n) is 8.35. The van der Waals surface area contributed by atoms with Crippen LogP contribution in [0.4, 0.5) is 0 Å². The summed E-state index contributed by atoms with van der Waals surface area (Å²) in [6, 6.07) is 0.353. The van der Waals surface area contributed by atoms with Gasteiger partial charge in [-0.25, -0.2) is 0 Å². The average Bonchev–Trinajstić information content (AvgIpc) is 3.03. The maximum atomic E-state index is 12.3. The van der Waals surface area contributed by atoms with Gasteiger partial charge in [-0.2, -0.15) is 0 Å². The summed E-state index contributed by atoms with van der Waals surface area (Å²) in [5.74, 6) is -2.23. The molecular formula is C17H24N2O5. The Hall–Kier alpha value is -2.31. The molecule has 7 nitrogen and oxygen atoms in total. The molecule has 3 atom stereocenters. The predicted molar refractivity (Wildman–Crippen MR) is 86.4 cm³/mol. The summed E-state index contributed by atoms with van der Waals surface area (Å²) in [5, 5.41) is 14.8. The third-order valence-corrected chi connectivity index (χ3v) is 4.44. The van der Waals surface area contributed by atoms with Crippen molar-refractivity contribution in [1.29, 1.82) is 0 Å². The molecule has 3 unspecified atom stereocenters. The van der Waals surface area contributed by atoms with Crippen LogP contribution in [-0.4, -0.2) is 35.0 Å². The van der Waals surface area contributed by atoms with Crippen LogP contribution in [0.1, 0.15) is 55.8 Å². The second-order valence-electron chi connectivity index (χ2n) is 6.26. The number of carbonyl (C=O) groups is 3. The summed E-state index contributed by atoms with van der Waals surface area (Å²) in [6.07, 6.45) is 7.72. The van der Waals surface area contributed by atoms with Gasteiger partial charge in [0.1, 0.15) is 12.3 Å². The monoisotopic (exact) mass is 336 g/mol. The highest BCUT2D eigenvalue weighted by atomic mass is 16.4. The van der Waals surface area contributed by atoms with Crippen LogP contribution in [-0.2, 0) is 9.59 Å². The molecule has 1 aliphatic carbocycles. The first-order valence-corrected chi connectivity index (χ1v) is 8.35. The number of rotatable bonds is 5. The van der Waals surface area contributed by atoms with Crippen LogP contribution in [0.25, 0.3) is 0 Å². The van der Waals surface area contributed by atoms with Crippen LogP contribution in [0.15, 0.2) is 23.0 Å². The van der Waals surface area contributed by atoms with Crippen LogP contribution < -0.4 is 10.6 Å². The number of carboxylic acids is 1. The molecule has 0 aliphatic heterocycles. The minimum absolute atomic E-state index is 0.337. The molecule has 1 saturated carbocycles. The largest absolute Gasteiger partial charge is 0.481 e. The Morgan fingerprint density at radius 3 is 2.54 bits per heavy atom. The van der Waals surface area contributed by atoms with Crippen LogP contribution in [0.3, 0.4) is 0 Å². The molecule has 24 heavy (non-hydrogen) atoms. The van der Waals surface area contributed by atoms with E-state index in [4.69, 9.17) is 4.42 Å². The number of aliphatic carboxylic acids is 1. The average molecular weight is 336 g/mol. The zero-order valence-corrected chi connectivity index (χ0v) is 13.8.